The van der Waals surface area contributed by atoms with Gasteiger partial charge in [-0.25, -0.2) is 9.82 Å². The molecule has 0 heterocycles. The van der Waals surface area contributed by atoms with Crippen LogP contribution in [-0.4, -0.2) is 0 Å². The minimum atomic E-state index is -0.349. The van der Waals surface area contributed by atoms with Gasteiger partial charge >= 0.3 is 0 Å². The monoisotopic (exact) mass is 348 g/mol. The predicted octanol–water partition coefficient (Wildman–Crippen LogP) is 4.41. The number of hydrazine groups is 1. The number of halogens is 2. The molecule has 21 heavy (non-hydrogen) atoms. The van der Waals surface area contributed by atoms with Crippen molar-refractivity contribution in [1.82, 2.24) is 5.43 Å². The molecule has 1 aliphatic rings. The molecule has 0 spiro atoms. The average Bonchev–Trinajstić information content (AvgIpc) is 2.43. The first-order valence-corrected chi connectivity index (χ1v) is 7.99. The van der Waals surface area contributed by atoms with Crippen LogP contribution in [0.4, 0.5) is 4.39 Å². The summed E-state index contributed by atoms with van der Waals surface area (Å²) in [6.07, 6.45) is 3.87. The van der Waals surface area contributed by atoms with Crippen LogP contribution in [0.3, 0.4) is 0 Å². The van der Waals surface area contributed by atoms with Gasteiger partial charge in [0.25, 0.3) is 0 Å². The molecule has 1 atom stereocenters. The molecule has 0 aromatic heterocycles. The van der Waals surface area contributed by atoms with E-state index in [1.54, 1.807) is 12.1 Å². The van der Waals surface area contributed by atoms with E-state index < -0.39 is 0 Å². The number of hydrogen-bond donors (Lipinski definition) is 2. The van der Waals surface area contributed by atoms with Crippen molar-refractivity contribution in [2.75, 3.05) is 0 Å². The van der Waals surface area contributed by atoms with Crippen LogP contribution >= 0.6 is 15.9 Å². The van der Waals surface area contributed by atoms with Crippen molar-refractivity contribution in [3.8, 4) is 0 Å². The first kappa shape index (κ1) is 14.7. The highest BCUT2D eigenvalue weighted by Gasteiger charge is 2.21. The highest BCUT2D eigenvalue weighted by molar-refractivity contribution is 9.10. The lowest BCUT2D eigenvalue weighted by atomic mass is 9.79. The van der Waals surface area contributed by atoms with E-state index in [4.69, 9.17) is 5.84 Å². The number of rotatable bonds is 4. The normalized spacial score (nSPS) is 16.5. The van der Waals surface area contributed by atoms with Gasteiger partial charge in [-0.1, -0.05) is 46.6 Å². The van der Waals surface area contributed by atoms with Crippen molar-refractivity contribution in [1.29, 1.82) is 0 Å². The second kappa shape index (κ2) is 6.26. The first-order valence-electron chi connectivity index (χ1n) is 7.20. The van der Waals surface area contributed by atoms with Gasteiger partial charge in [-0.2, -0.15) is 0 Å². The number of benzene rings is 2. The third-order valence-electron chi connectivity index (χ3n) is 4.28. The Morgan fingerprint density at radius 1 is 1.14 bits per heavy atom. The smallest absolute Gasteiger partial charge is 0.128 e. The third kappa shape index (κ3) is 3.03. The largest absolute Gasteiger partial charge is 0.271 e. The molecular formula is C17H18BrFN2. The van der Waals surface area contributed by atoms with Gasteiger partial charge in [0, 0.05) is 10.0 Å². The standard InChI is InChI=1S/C17H18BrFN2/c18-14-8-9-16(19)15(10-14)17(21-20)13-6-4-12(5-7-13)11-2-1-3-11/h4-11,17,21H,1-3,20H2. The Kier molecular flexibility index (Phi) is 4.38. The van der Waals surface area contributed by atoms with E-state index in [0.29, 0.717) is 11.5 Å². The quantitative estimate of drug-likeness (QED) is 0.634. The molecule has 0 bridgehead atoms. The van der Waals surface area contributed by atoms with Crippen LogP contribution < -0.4 is 11.3 Å². The fraction of sp³-hybridized carbons (Fsp3) is 0.294. The zero-order valence-corrected chi connectivity index (χ0v) is 13.2. The van der Waals surface area contributed by atoms with Crippen molar-refractivity contribution >= 4 is 15.9 Å². The van der Waals surface area contributed by atoms with E-state index in [1.807, 2.05) is 12.1 Å². The topological polar surface area (TPSA) is 38.0 Å². The summed E-state index contributed by atoms with van der Waals surface area (Å²) in [6, 6.07) is 12.9. The molecule has 3 N–H and O–H groups in total. The maximum Gasteiger partial charge on any atom is 0.128 e. The van der Waals surface area contributed by atoms with Gasteiger partial charge in [0.05, 0.1) is 6.04 Å². The van der Waals surface area contributed by atoms with Gasteiger partial charge in [0.15, 0.2) is 0 Å². The van der Waals surface area contributed by atoms with Gasteiger partial charge in [0.2, 0.25) is 0 Å². The van der Waals surface area contributed by atoms with Crippen molar-refractivity contribution in [3.05, 3.63) is 69.4 Å². The Morgan fingerprint density at radius 2 is 1.86 bits per heavy atom. The molecule has 0 radical (unpaired) electrons. The van der Waals surface area contributed by atoms with Crippen LogP contribution in [-0.2, 0) is 0 Å². The molecule has 1 aliphatic carbocycles. The second-order valence-corrected chi connectivity index (χ2v) is 6.48. The van der Waals surface area contributed by atoms with E-state index in [2.05, 4.69) is 33.5 Å². The Morgan fingerprint density at radius 3 is 2.43 bits per heavy atom. The van der Waals surface area contributed by atoms with Crippen LogP contribution in [0.5, 0.6) is 0 Å². The average molecular weight is 349 g/mol. The van der Waals surface area contributed by atoms with E-state index in [9.17, 15) is 4.39 Å². The van der Waals surface area contributed by atoms with Crippen LogP contribution in [0, 0.1) is 5.82 Å². The summed E-state index contributed by atoms with van der Waals surface area (Å²) in [5.41, 5.74) is 5.60. The van der Waals surface area contributed by atoms with Crippen LogP contribution in [0.15, 0.2) is 46.9 Å². The zero-order valence-electron chi connectivity index (χ0n) is 11.7. The second-order valence-electron chi connectivity index (χ2n) is 5.56. The predicted molar refractivity (Wildman–Crippen MR) is 86.3 cm³/mol. The van der Waals surface area contributed by atoms with E-state index in [1.165, 1.54) is 30.9 Å². The summed E-state index contributed by atoms with van der Waals surface area (Å²) < 4.78 is 14.9. The van der Waals surface area contributed by atoms with E-state index in [0.717, 1.165) is 10.0 Å². The molecule has 0 amide bonds. The Balaban J connectivity index is 1.90. The highest BCUT2D eigenvalue weighted by Crippen LogP contribution is 2.37. The summed E-state index contributed by atoms with van der Waals surface area (Å²) in [5.74, 6) is 6.10. The van der Waals surface area contributed by atoms with Gasteiger partial charge in [0.1, 0.15) is 5.82 Å². The number of hydrogen-bond acceptors (Lipinski definition) is 2. The van der Waals surface area contributed by atoms with E-state index >= 15 is 0 Å². The molecule has 110 valence electrons. The Bertz CT molecular complexity index is 623. The Labute approximate surface area is 132 Å². The third-order valence-corrected chi connectivity index (χ3v) is 4.78. The lowest BCUT2D eigenvalue weighted by Crippen LogP contribution is -2.29. The summed E-state index contributed by atoms with van der Waals surface area (Å²) in [7, 11) is 0. The SMILES string of the molecule is NNC(c1ccc(C2CCC2)cc1)c1cc(Br)ccc1F. The van der Waals surface area contributed by atoms with Crippen molar-refractivity contribution in [2.24, 2.45) is 5.84 Å². The van der Waals surface area contributed by atoms with Crippen LogP contribution in [0.25, 0.3) is 0 Å². The minimum Gasteiger partial charge on any atom is -0.271 e. The molecule has 2 aromatic rings. The molecule has 3 rings (SSSR count). The number of nitrogens with two attached hydrogens (primary N) is 1. The van der Waals surface area contributed by atoms with Gasteiger partial charge in [-0.05, 0) is 48.1 Å². The molecule has 1 saturated carbocycles. The molecule has 0 aliphatic heterocycles. The van der Waals surface area contributed by atoms with Gasteiger partial charge in [-0.15, -0.1) is 0 Å². The maximum atomic E-state index is 14.0. The molecule has 4 heteroatoms. The highest BCUT2D eigenvalue weighted by atomic mass is 79.9. The number of nitrogens with one attached hydrogen (secondary N) is 1. The van der Waals surface area contributed by atoms with E-state index in [-0.39, 0.29) is 11.9 Å². The van der Waals surface area contributed by atoms with Crippen LogP contribution in [0.2, 0.25) is 0 Å². The molecule has 0 saturated heterocycles. The lowest BCUT2D eigenvalue weighted by molar-refractivity contribution is 0.419. The maximum absolute atomic E-state index is 14.0. The van der Waals surface area contributed by atoms with Crippen LogP contribution in [0.1, 0.15) is 47.9 Å². The summed E-state index contributed by atoms with van der Waals surface area (Å²) >= 11 is 3.38. The Hall–Kier alpha value is -1.23. The fourth-order valence-electron chi connectivity index (χ4n) is 2.80. The first-order chi connectivity index (χ1) is 10.2. The molecular weight excluding hydrogens is 331 g/mol. The summed E-state index contributed by atoms with van der Waals surface area (Å²) in [5, 5.41) is 0. The van der Waals surface area contributed by atoms with Crippen molar-refractivity contribution in [3.63, 3.8) is 0 Å². The molecule has 1 unspecified atom stereocenters. The summed E-state index contributed by atoms with van der Waals surface area (Å²) in [4.78, 5) is 0. The molecule has 1 fully saturated rings. The van der Waals surface area contributed by atoms with Crippen molar-refractivity contribution < 1.29 is 4.39 Å². The minimum absolute atomic E-state index is 0.260. The van der Waals surface area contributed by atoms with Crippen molar-refractivity contribution in [2.45, 2.75) is 31.2 Å². The summed E-state index contributed by atoms with van der Waals surface area (Å²) in [6.45, 7) is 0. The van der Waals surface area contributed by atoms with Gasteiger partial charge in [-0.3, -0.25) is 5.84 Å². The van der Waals surface area contributed by atoms with Gasteiger partial charge < -0.3 is 0 Å². The fourth-order valence-corrected chi connectivity index (χ4v) is 3.18. The zero-order chi connectivity index (χ0) is 14.8. The lowest BCUT2D eigenvalue weighted by Gasteiger charge is -2.26. The molecule has 2 nitrogen and oxygen atoms in total. The molecule has 2 aromatic carbocycles.